The standard InChI is InChI=1S/C25H32N2O3/c1-16(24(29)27-25-12-17-9-18(13-25)11-19(10-17)14-25)30-23(28)8-4-5-20-15-26-22-7-3-2-6-21(20)22/h2-3,6-7,15-19,26H,4-5,8-14H2,1H3,(H,27,29)/t16-,17?,18?,19?,25?/m0/s1. The van der Waals surface area contributed by atoms with Crippen LogP contribution in [-0.4, -0.2) is 28.5 Å². The highest BCUT2D eigenvalue weighted by Gasteiger charge is 2.51. The maximum absolute atomic E-state index is 12.8. The number of carbonyl (C=O) groups is 2. The normalized spacial score (nSPS) is 30.4. The van der Waals surface area contributed by atoms with Gasteiger partial charge in [-0.3, -0.25) is 9.59 Å². The van der Waals surface area contributed by atoms with Gasteiger partial charge < -0.3 is 15.0 Å². The zero-order chi connectivity index (χ0) is 20.7. The molecule has 4 aliphatic rings. The fourth-order valence-corrected chi connectivity index (χ4v) is 6.70. The Morgan fingerprint density at radius 2 is 1.80 bits per heavy atom. The van der Waals surface area contributed by atoms with E-state index in [-0.39, 0.29) is 17.4 Å². The molecule has 1 atom stereocenters. The van der Waals surface area contributed by atoms with Gasteiger partial charge in [-0.2, -0.15) is 0 Å². The smallest absolute Gasteiger partial charge is 0.306 e. The van der Waals surface area contributed by atoms with Crippen molar-refractivity contribution in [1.29, 1.82) is 0 Å². The molecule has 0 unspecified atom stereocenters. The van der Waals surface area contributed by atoms with Crippen LogP contribution < -0.4 is 5.32 Å². The predicted octanol–water partition coefficient (Wildman–Crippen LogP) is 4.51. The van der Waals surface area contributed by atoms with Gasteiger partial charge in [-0.1, -0.05) is 18.2 Å². The first-order chi connectivity index (χ1) is 14.5. The molecule has 2 aromatic rings. The largest absolute Gasteiger partial charge is 0.453 e. The second-order valence-corrected chi connectivity index (χ2v) is 10.0. The van der Waals surface area contributed by atoms with Crippen molar-refractivity contribution in [3.8, 4) is 0 Å². The first-order valence-electron chi connectivity index (χ1n) is 11.6. The summed E-state index contributed by atoms with van der Waals surface area (Å²) in [6.45, 7) is 1.70. The number of para-hydroxylation sites is 1. The van der Waals surface area contributed by atoms with E-state index in [1.165, 1.54) is 30.2 Å². The molecule has 6 rings (SSSR count). The van der Waals surface area contributed by atoms with Crippen molar-refractivity contribution < 1.29 is 14.3 Å². The Kier molecular flexibility index (Phi) is 5.08. The van der Waals surface area contributed by atoms with E-state index in [1.807, 2.05) is 18.3 Å². The Hall–Kier alpha value is -2.30. The van der Waals surface area contributed by atoms with Gasteiger partial charge in [0, 0.05) is 29.1 Å². The molecule has 1 aromatic heterocycles. The number of amides is 1. The van der Waals surface area contributed by atoms with Crippen LogP contribution in [0.4, 0.5) is 0 Å². The van der Waals surface area contributed by atoms with E-state index >= 15 is 0 Å². The van der Waals surface area contributed by atoms with E-state index in [2.05, 4.69) is 22.4 Å². The van der Waals surface area contributed by atoms with E-state index in [9.17, 15) is 9.59 Å². The third-order valence-electron chi connectivity index (χ3n) is 7.61. The second-order valence-electron chi connectivity index (χ2n) is 10.0. The summed E-state index contributed by atoms with van der Waals surface area (Å²) in [5.74, 6) is 1.92. The van der Waals surface area contributed by atoms with Crippen molar-refractivity contribution in [3.63, 3.8) is 0 Å². The number of rotatable bonds is 7. The number of benzene rings is 1. The quantitative estimate of drug-likeness (QED) is 0.662. The fraction of sp³-hybridized carbons (Fsp3) is 0.600. The highest BCUT2D eigenvalue weighted by atomic mass is 16.5. The molecule has 1 aromatic carbocycles. The number of aromatic amines is 1. The number of hydrogen-bond acceptors (Lipinski definition) is 3. The molecule has 1 amide bonds. The maximum atomic E-state index is 12.8. The van der Waals surface area contributed by atoms with Gasteiger partial charge in [-0.15, -0.1) is 0 Å². The van der Waals surface area contributed by atoms with Gasteiger partial charge in [-0.05, 0) is 87.7 Å². The molecule has 1 heterocycles. The number of ether oxygens (including phenoxy) is 1. The Labute approximate surface area is 177 Å². The van der Waals surface area contributed by atoms with E-state index < -0.39 is 6.10 Å². The summed E-state index contributed by atoms with van der Waals surface area (Å²) in [7, 11) is 0. The number of aryl methyl sites for hydroxylation is 1. The lowest BCUT2D eigenvalue weighted by atomic mass is 9.53. The summed E-state index contributed by atoms with van der Waals surface area (Å²) < 4.78 is 5.47. The highest BCUT2D eigenvalue weighted by Crippen LogP contribution is 2.55. The zero-order valence-electron chi connectivity index (χ0n) is 17.8. The van der Waals surface area contributed by atoms with Crippen molar-refractivity contribution >= 4 is 22.8 Å². The van der Waals surface area contributed by atoms with Gasteiger partial charge in [0.05, 0.1) is 0 Å². The van der Waals surface area contributed by atoms with Gasteiger partial charge >= 0.3 is 5.97 Å². The van der Waals surface area contributed by atoms with Crippen LogP contribution in [0.15, 0.2) is 30.5 Å². The monoisotopic (exact) mass is 408 g/mol. The molecule has 0 aliphatic heterocycles. The molecule has 4 saturated carbocycles. The number of fused-ring (bicyclic) bond motifs is 1. The van der Waals surface area contributed by atoms with Crippen LogP contribution in [0.25, 0.3) is 10.9 Å². The van der Waals surface area contributed by atoms with Crippen molar-refractivity contribution in [1.82, 2.24) is 10.3 Å². The summed E-state index contributed by atoms with van der Waals surface area (Å²) in [5.41, 5.74) is 2.29. The summed E-state index contributed by atoms with van der Waals surface area (Å²) >= 11 is 0. The Morgan fingerprint density at radius 3 is 2.50 bits per heavy atom. The lowest BCUT2D eigenvalue weighted by Crippen LogP contribution is -2.61. The van der Waals surface area contributed by atoms with Gasteiger partial charge in [0.15, 0.2) is 6.10 Å². The molecule has 5 heteroatoms. The average molecular weight is 409 g/mol. The molecule has 5 nitrogen and oxygen atoms in total. The summed E-state index contributed by atoms with van der Waals surface area (Å²) in [6, 6.07) is 8.18. The van der Waals surface area contributed by atoms with Gasteiger partial charge in [-0.25, -0.2) is 0 Å². The number of esters is 1. The van der Waals surface area contributed by atoms with Crippen LogP contribution >= 0.6 is 0 Å². The van der Waals surface area contributed by atoms with Crippen molar-refractivity contribution in [2.45, 2.75) is 76.4 Å². The molecule has 4 fully saturated rings. The lowest BCUT2D eigenvalue weighted by molar-refractivity contribution is -0.156. The Balaban J connectivity index is 1.10. The number of carbonyl (C=O) groups excluding carboxylic acids is 2. The van der Waals surface area contributed by atoms with Crippen molar-refractivity contribution in [3.05, 3.63) is 36.0 Å². The van der Waals surface area contributed by atoms with E-state index in [0.29, 0.717) is 12.8 Å². The molecule has 0 saturated heterocycles. The molecule has 0 radical (unpaired) electrons. The number of hydrogen-bond donors (Lipinski definition) is 2. The number of aromatic nitrogens is 1. The molecule has 30 heavy (non-hydrogen) atoms. The van der Waals surface area contributed by atoms with Crippen molar-refractivity contribution in [2.24, 2.45) is 17.8 Å². The predicted molar refractivity (Wildman–Crippen MR) is 116 cm³/mol. The minimum Gasteiger partial charge on any atom is -0.453 e. The first kappa shape index (κ1) is 19.7. The fourth-order valence-electron chi connectivity index (χ4n) is 6.70. The van der Waals surface area contributed by atoms with Crippen LogP contribution in [-0.2, 0) is 20.7 Å². The third-order valence-corrected chi connectivity index (χ3v) is 7.61. The minimum atomic E-state index is -0.724. The Bertz CT molecular complexity index is 911. The second kappa shape index (κ2) is 7.75. The van der Waals surface area contributed by atoms with Crippen molar-refractivity contribution in [2.75, 3.05) is 0 Å². The SMILES string of the molecule is C[C@H](OC(=O)CCCc1c[nH]c2ccccc12)C(=O)NC12CC3CC(CC(C3)C1)C2. The molecule has 160 valence electrons. The highest BCUT2D eigenvalue weighted by molar-refractivity contribution is 5.84. The van der Waals surface area contributed by atoms with Crippen LogP contribution in [0.3, 0.4) is 0 Å². The summed E-state index contributed by atoms with van der Waals surface area (Å²) in [4.78, 5) is 28.3. The molecule has 0 spiro atoms. The Morgan fingerprint density at radius 1 is 1.13 bits per heavy atom. The van der Waals surface area contributed by atoms with Crippen LogP contribution in [0.1, 0.15) is 63.9 Å². The van der Waals surface area contributed by atoms with Gasteiger partial charge in [0.25, 0.3) is 5.91 Å². The van der Waals surface area contributed by atoms with E-state index in [4.69, 9.17) is 4.74 Å². The van der Waals surface area contributed by atoms with Gasteiger partial charge in [0.1, 0.15) is 0 Å². The molecular formula is C25H32N2O3. The minimum absolute atomic E-state index is 0.0398. The van der Waals surface area contributed by atoms with Crippen LogP contribution in [0.5, 0.6) is 0 Å². The maximum Gasteiger partial charge on any atom is 0.306 e. The van der Waals surface area contributed by atoms with E-state index in [1.54, 1.807) is 6.92 Å². The van der Waals surface area contributed by atoms with E-state index in [0.717, 1.165) is 49.0 Å². The third kappa shape index (κ3) is 3.86. The first-order valence-corrected chi connectivity index (χ1v) is 11.6. The summed E-state index contributed by atoms with van der Waals surface area (Å²) in [6.07, 6.45) is 10.5. The number of H-pyrrole nitrogens is 1. The van der Waals surface area contributed by atoms with Gasteiger partial charge in [0.2, 0.25) is 0 Å². The lowest BCUT2D eigenvalue weighted by Gasteiger charge is -2.57. The van der Waals surface area contributed by atoms with Crippen LogP contribution in [0, 0.1) is 17.8 Å². The molecule has 4 bridgehead atoms. The molecule has 4 aliphatic carbocycles. The topological polar surface area (TPSA) is 71.2 Å². The van der Waals surface area contributed by atoms with Crippen LogP contribution in [0.2, 0.25) is 0 Å². The average Bonchev–Trinajstić information content (AvgIpc) is 3.10. The number of nitrogens with one attached hydrogen (secondary N) is 2. The molecular weight excluding hydrogens is 376 g/mol. The zero-order valence-corrected chi connectivity index (χ0v) is 17.8. The molecule has 2 N–H and O–H groups in total. The summed E-state index contributed by atoms with van der Waals surface area (Å²) in [5, 5.41) is 4.51.